The summed E-state index contributed by atoms with van der Waals surface area (Å²) in [7, 11) is 1.61. The third-order valence-corrected chi connectivity index (χ3v) is 6.80. The molecule has 6 heteroatoms. The van der Waals surface area contributed by atoms with Gasteiger partial charge in [-0.1, -0.05) is 42.0 Å². The molecule has 3 aromatic carbocycles. The van der Waals surface area contributed by atoms with Gasteiger partial charge in [0.05, 0.1) is 17.7 Å². The topological polar surface area (TPSA) is 91.6 Å². The minimum atomic E-state index is -0.480. The highest BCUT2D eigenvalue weighted by Crippen LogP contribution is 2.38. The molecule has 6 nitrogen and oxygen atoms in total. The summed E-state index contributed by atoms with van der Waals surface area (Å²) in [6.07, 6.45) is 1.58. The largest absolute Gasteiger partial charge is 0.455 e. The predicted octanol–water partition coefficient (Wildman–Crippen LogP) is 5.00. The predicted molar refractivity (Wildman–Crippen MR) is 136 cm³/mol. The number of aryl methyl sites for hydroxylation is 2. The number of amides is 2. The molecule has 1 aliphatic rings. The number of aliphatic hydroxyl groups is 1. The van der Waals surface area contributed by atoms with Crippen LogP contribution < -0.4 is 10.6 Å². The Bertz CT molecular complexity index is 1450. The van der Waals surface area contributed by atoms with Crippen LogP contribution in [0.2, 0.25) is 0 Å². The van der Waals surface area contributed by atoms with E-state index in [2.05, 4.69) is 10.6 Å². The summed E-state index contributed by atoms with van der Waals surface area (Å²) in [6.45, 7) is 3.95. The molecule has 4 aromatic rings. The number of carbonyl (C=O) groups is 2. The molecule has 0 atom stereocenters. The van der Waals surface area contributed by atoms with E-state index >= 15 is 0 Å². The molecule has 0 bridgehead atoms. The van der Waals surface area contributed by atoms with Gasteiger partial charge in [0, 0.05) is 23.6 Å². The van der Waals surface area contributed by atoms with Crippen LogP contribution in [0.4, 0.5) is 0 Å². The molecule has 2 amide bonds. The average molecular weight is 469 g/mol. The first-order valence-electron chi connectivity index (χ1n) is 11.7. The standard InChI is InChI=1S/C29H28N2O4/c1-17-4-7-19(8-5-17)26-25(28(34)30-3)23-14-20(10-11-24(23)35-26)22-15-21(9-6-18(22)2)27(33)31-29(16-32)12-13-29/h4-11,14-15,32H,12-13,16H2,1-3H3,(H,30,34)(H,31,33). The number of hydrogen-bond acceptors (Lipinski definition) is 4. The molecule has 1 fully saturated rings. The van der Waals surface area contributed by atoms with Gasteiger partial charge in [0.2, 0.25) is 0 Å². The third kappa shape index (κ3) is 4.21. The maximum Gasteiger partial charge on any atom is 0.255 e. The van der Waals surface area contributed by atoms with E-state index in [0.29, 0.717) is 27.9 Å². The Morgan fingerprint density at radius 1 is 0.943 bits per heavy atom. The van der Waals surface area contributed by atoms with Crippen molar-refractivity contribution in [2.24, 2.45) is 0 Å². The molecule has 0 aliphatic heterocycles. The van der Waals surface area contributed by atoms with E-state index < -0.39 is 5.54 Å². The van der Waals surface area contributed by atoms with Crippen molar-refractivity contribution < 1.29 is 19.1 Å². The normalized spacial score (nSPS) is 14.1. The Balaban J connectivity index is 1.59. The van der Waals surface area contributed by atoms with Gasteiger partial charge < -0.3 is 20.2 Å². The second-order valence-corrected chi connectivity index (χ2v) is 9.38. The van der Waals surface area contributed by atoms with E-state index in [0.717, 1.165) is 40.7 Å². The maximum absolute atomic E-state index is 12.9. The Morgan fingerprint density at radius 2 is 1.66 bits per heavy atom. The molecule has 1 saturated carbocycles. The number of furan rings is 1. The van der Waals surface area contributed by atoms with Crippen LogP contribution in [0.1, 0.15) is 44.7 Å². The molecule has 1 aliphatic carbocycles. The first-order chi connectivity index (χ1) is 16.8. The monoisotopic (exact) mass is 468 g/mol. The number of aliphatic hydroxyl groups excluding tert-OH is 1. The summed E-state index contributed by atoms with van der Waals surface area (Å²) in [6, 6.07) is 19.2. The summed E-state index contributed by atoms with van der Waals surface area (Å²) < 4.78 is 6.16. The smallest absolute Gasteiger partial charge is 0.255 e. The zero-order chi connectivity index (χ0) is 24.7. The Kier molecular flexibility index (Phi) is 5.69. The fraction of sp³-hybridized carbons (Fsp3) is 0.241. The fourth-order valence-electron chi connectivity index (χ4n) is 4.38. The lowest BCUT2D eigenvalue weighted by Crippen LogP contribution is -2.39. The lowest BCUT2D eigenvalue weighted by atomic mass is 9.95. The Morgan fingerprint density at radius 3 is 2.31 bits per heavy atom. The molecule has 1 heterocycles. The van der Waals surface area contributed by atoms with Crippen LogP contribution >= 0.6 is 0 Å². The second kappa shape index (κ2) is 8.71. The molecule has 178 valence electrons. The molecule has 35 heavy (non-hydrogen) atoms. The van der Waals surface area contributed by atoms with Crippen molar-refractivity contribution in [3.63, 3.8) is 0 Å². The minimum Gasteiger partial charge on any atom is -0.455 e. The first kappa shape index (κ1) is 22.9. The van der Waals surface area contributed by atoms with Gasteiger partial charge in [-0.05, 0) is 67.6 Å². The number of nitrogens with one attached hydrogen (secondary N) is 2. The van der Waals surface area contributed by atoms with Gasteiger partial charge in [-0.15, -0.1) is 0 Å². The second-order valence-electron chi connectivity index (χ2n) is 9.38. The number of carbonyl (C=O) groups excluding carboxylic acids is 2. The highest BCUT2D eigenvalue weighted by Gasteiger charge is 2.43. The van der Waals surface area contributed by atoms with Crippen molar-refractivity contribution in [2.45, 2.75) is 32.2 Å². The van der Waals surface area contributed by atoms with Crippen LogP contribution in [0.25, 0.3) is 33.4 Å². The lowest BCUT2D eigenvalue weighted by Gasteiger charge is -2.15. The van der Waals surface area contributed by atoms with Crippen LogP contribution in [0.5, 0.6) is 0 Å². The van der Waals surface area contributed by atoms with Crippen LogP contribution in [0.15, 0.2) is 65.1 Å². The summed E-state index contributed by atoms with van der Waals surface area (Å²) in [5, 5.41) is 16.0. The quantitative estimate of drug-likeness (QED) is 0.371. The lowest BCUT2D eigenvalue weighted by molar-refractivity contribution is 0.0906. The van der Waals surface area contributed by atoms with E-state index in [9.17, 15) is 14.7 Å². The van der Waals surface area contributed by atoms with E-state index in [1.165, 1.54) is 0 Å². The zero-order valence-corrected chi connectivity index (χ0v) is 20.1. The Labute approximate surface area is 204 Å². The molecule has 3 N–H and O–H groups in total. The molecule has 0 radical (unpaired) electrons. The van der Waals surface area contributed by atoms with Gasteiger partial charge in [-0.3, -0.25) is 9.59 Å². The maximum atomic E-state index is 12.9. The zero-order valence-electron chi connectivity index (χ0n) is 20.1. The van der Waals surface area contributed by atoms with Gasteiger partial charge in [-0.2, -0.15) is 0 Å². The van der Waals surface area contributed by atoms with Crippen molar-refractivity contribution in [2.75, 3.05) is 13.7 Å². The van der Waals surface area contributed by atoms with Gasteiger partial charge in [0.15, 0.2) is 0 Å². The van der Waals surface area contributed by atoms with Crippen LogP contribution in [-0.2, 0) is 0 Å². The van der Waals surface area contributed by atoms with Crippen molar-refractivity contribution in [3.05, 3.63) is 82.9 Å². The van der Waals surface area contributed by atoms with Gasteiger partial charge in [-0.25, -0.2) is 0 Å². The highest BCUT2D eigenvalue weighted by atomic mass is 16.3. The summed E-state index contributed by atoms with van der Waals surface area (Å²) in [5.41, 5.74) is 5.90. The van der Waals surface area contributed by atoms with Crippen LogP contribution in [0, 0.1) is 13.8 Å². The van der Waals surface area contributed by atoms with Gasteiger partial charge in [0.25, 0.3) is 11.8 Å². The van der Waals surface area contributed by atoms with Gasteiger partial charge >= 0.3 is 0 Å². The average Bonchev–Trinajstić information content (AvgIpc) is 3.54. The molecule has 0 unspecified atom stereocenters. The molecular formula is C29H28N2O4. The van der Waals surface area contributed by atoms with Crippen LogP contribution in [-0.4, -0.2) is 36.1 Å². The molecule has 0 saturated heterocycles. The SMILES string of the molecule is CNC(=O)c1c(-c2ccc(C)cc2)oc2ccc(-c3cc(C(=O)NC4(CO)CC4)ccc3C)cc12. The van der Waals surface area contributed by atoms with E-state index in [1.54, 1.807) is 13.1 Å². The van der Waals surface area contributed by atoms with E-state index in [1.807, 2.05) is 68.4 Å². The van der Waals surface area contributed by atoms with Crippen molar-refractivity contribution >= 4 is 22.8 Å². The van der Waals surface area contributed by atoms with E-state index in [4.69, 9.17) is 4.42 Å². The number of rotatable bonds is 6. The third-order valence-electron chi connectivity index (χ3n) is 6.80. The first-order valence-corrected chi connectivity index (χ1v) is 11.7. The van der Waals surface area contributed by atoms with Crippen molar-refractivity contribution in [3.8, 4) is 22.5 Å². The molecule has 1 aromatic heterocycles. The van der Waals surface area contributed by atoms with Crippen LogP contribution in [0.3, 0.4) is 0 Å². The number of benzene rings is 3. The van der Waals surface area contributed by atoms with Crippen molar-refractivity contribution in [1.82, 2.24) is 10.6 Å². The summed E-state index contributed by atoms with van der Waals surface area (Å²) >= 11 is 0. The summed E-state index contributed by atoms with van der Waals surface area (Å²) in [4.78, 5) is 25.8. The summed E-state index contributed by atoms with van der Waals surface area (Å²) in [5.74, 6) is 0.107. The minimum absolute atomic E-state index is 0.0554. The number of hydrogen-bond donors (Lipinski definition) is 3. The fourth-order valence-corrected chi connectivity index (χ4v) is 4.38. The van der Waals surface area contributed by atoms with Crippen molar-refractivity contribution in [1.29, 1.82) is 0 Å². The highest BCUT2D eigenvalue weighted by molar-refractivity contribution is 6.12. The molecular weight excluding hydrogens is 440 g/mol. The number of fused-ring (bicyclic) bond motifs is 1. The van der Waals surface area contributed by atoms with E-state index in [-0.39, 0.29) is 18.4 Å². The van der Waals surface area contributed by atoms with Gasteiger partial charge in [0.1, 0.15) is 11.3 Å². The Hall–Kier alpha value is -3.90. The molecule has 5 rings (SSSR count). The molecule has 0 spiro atoms.